The first-order chi connectivity index (χ1) is 11.5. The number of piperidine rings is 1. The lowest BCUT2D eigenvalue weighted by Crippen LogP contribution is -2.37. The van der Waals surface area contributed by atoms with Crippen LogP contribution in [0.2, 0.25) is 0 Å². The van der Waals surface area contributed by atoms with Gasteiger partial charge in [0.1, 0.15) is 0 Å². The summed E-state index contributed by atoms with van der Waals surface area (Å²) in [5.74, 6) is 0.0572. The van der Waals surface area contributed by atoms with Crippen LogP contribution in [-0.2, 0) is 11.3 Å². The highest BCUT2D eigenvalue weighted by Crippen LogP contribution is 2.18. The van der Waals surface area contributed by atoms with Crippen LogP contribution in [0.25, 0.3) is 0 Å². The topological polar surface area (TPSA) is 52.7 Å². The third-order valence-corrected chi connectivity index (χ3v) is 4.70. The summed E-state index contributed by atoms with van der Waals surface area (Å²) in [4.78, 5) is 28.0. The summed E-state index contributed by atoms with van der Waals surface area (Å²) < 4.78 is 0. The molecule has 0 aromatic heterocycles. The molecule has 1 aromatic rings. The van der Waals surface area contributed by atoms with Gasteiger partial charge in [-0.15, -0.1) is 0 Å². The summed E-state index contributed by atoms with van der Waals surface area (Å²) in [7, 11) is 5.62. The fraction of sp³-hybridized carbons (Fsp3) is 0.579. The summed E-state index contributed by atoms with van der Waals surface area (Å²) in [5.41, 5.74) is 1.60. The number of hydrogen-bond donors (Lipinski definition) is 1. The summed E-state index contributed by atoms with van der Waals surface area (Å²) in [6.45, 7) is 1.60. The summed E-state index contributed by atoms with van der Waals surface area (Å²) in [6.07, 6.45) is 5.20. The number of nitrogens with one attached hydrogen (secondary N) is 1. The fourth-order valence-electron chi connectivity index (χ4n) is 3.17. The van der Waals surface area contributed by atoms with E-state index in [1.54, 1.807) is 25.1 Å². The Morgan fingerprint density at radius 2 is 2.08 bits per heavy atom. The lowest BCUT2D eigenvalue weighted by Gasteiger charge is -2.32. The number of likely N-dealkylation sites (tertiary alicyclic amines) is 1. The molecular weight excluding hydrogens is 302 g/mol. The first-order valence-corrected chi connectivity index (χ1v) is 8.75. The van der Waals surface area contributed by atoms with E-state index in [9.17, 15) is 9.59 Å². The molecular formula is C19H29N3O2. The predicted octanol–water partition coefficient (Wildman–Crippen LogP) is 2.27. The van der Waals surface area contributed by atoms with E-state index in [4.69, 9.17) is 0 Å². The minimum absolute atomic E-state index is 0.0245. The Labute approximate surface area is 145 Å². The van der Waals surface area contributed by atoms with Crippen molar-refractivity contribution in [1.29, 1.82) is 0 Å². The zero-order valence-electron chi connectivity index (χ0n) is 15.0. The number of nitrogens with zero attached hydrogens (tertiary/aromatic N) is 2. The molecule has 1 atom stereocenters. The van der Waals surface area contributed by atoms with E-state index in [1.807, 2.05) is 18.2 Å². The van der Waals surface area contributed by atoms with Crippen LogP contribution in [0.1, 0.15) is 48.0 Å². The molecule has 1 fully saturated rings. The molecule has 0 bridgehead atoms. The Balaban J connectivity index is 1.79. The second-order valence-corrected chi connectivity index (χ2v) is 6.85. The van der Waals surface area contributed by atoms with Gasteiger partial charge in [0.2, 0.25) is 5.91 Å². The number of hydrogen-bond acceptors (Lipinski definition) is 3. The van der Waals surface area contributed by atoms with Gasteiger partial charge in [-0.2, -0.15) is 0 Å². The van der Waals surface area contributed by atoms with E-state index in [0.29, 0.717) is 24.6 Å². The smallest absolute Gasteiger partial charge is 0.253 e. The minimum atomic E-state index is -0.0245. The number of amides is 2. The van der Waals surface area contributed by atoms with E-state index >= 15 is 0 Å². The van der Waals surface area contributed by atoms with Crippen molar-refractivity contribution >= 4 is 11.8 Å². The normalized spacial score (nSPS) is 18.2. The van der Waals surface area contributed by atoms with Gasteiger partial charge in [-0.3, -0.25) is 9.59 Å². The first kappa shape index (κ1) is 18.5. The van der Waals surface area contributed by atoms with Gasteiger partial charge in [0.05, 0.1) is 0 Å². The number of carbonyl (C=O) groups is 2. The van der Waals surface area contributed by atoms with Gasteiger partial charge >= 0.3 is 0 Å². The van der Waals surface area contributed by atoms with Crippen LogP contribution >= 0.6 is 0 Å². The maximum Gasteiger partial charge on any atom is 0.253 e. The van der Waals surface area contributed by atoms with Crippen LogP contribution in [0.5, 0.6) is 0 Å². The average Bonchev–Trinajstić information content (AvgIpc) is 2.58. The van der Waals surface area contributed by atoms with Gasteiger partial charge in [0.25, 0.3) is 5.91 Å². The maximum atomic E-state index is 12.1. The Morgan fingerprint density at radius 1 is 1.29 bits per heavy atom. The van der Waals surface area contributed by atoms with Crippen LogP contribution in [0.4, 0.5) is 0 Å². The van der Waals surface area contributed by atoms with Gasteiger partial charge < -0.3 is 15.1 Å². The van der Waals surface area contributed by atoms with Gasteiger partial charge in [0.15, 0.2) is 0 Å². The number of carbonyl (C=O) groups excluding carboxylic acids is 2. The van der Waals surface area contributed by atoms with Crippen molar-refractivity contribution in [2.24, 2.45) is 0 Å². The average molecular weight is 331 g/mol. The van der Waals surface area contributed by atoms with Gasteiger partial charge in [-0.05, 0) is 50.6 Å². The number of rotatable bonds is 6. The minimum Gasteiger partial charge on any atom is -0.352 e. The number of benzene rings is 1. The molecule has 0 saturated carbocycles. The summed E-state index contributed by atoms with van der Waals surface area (Å²) >= 11 is 0. The van der Waals surface area contributed by atoms with Crippen LogP contribution in [0.3, 0.4) is 0 Å². The van der Waals surface area contributed by atoms with Crippen molar-refractivity contribution in [1.82, 2.24) is 15.1 Å². The molecule has 2 amide bonds. The second kappa shape index (κ2) is 8.83. The van der Waals surface area contributed by atoms with Crippen molar-refractivity contribution < 1.29 is 9.59 Å². The van der Waals surface area contributed by atoms with E-state index in [0.717, 1.165) is 18.5 Å². The standard InChI is InChI=1S/C19H29N3O2/c1-21(2)19(24)16-8-6-7-15(13-16)14-20-18(23)11-10-17-9-4-5-12-22(17)3/h6-8,13,17H,4-5,9-12,14H2,1-3H3,(H,20,23)/t17-/m1/s1. The molecule has 1 saturated heterocycles. The molecule has 1 aliphatic heterocycles. The third kappa shape index (κ3) is 5.34. The van der Waals surface area contributed by atoms with E-state index in [-0.39, 0.29) is 11.8 Å². The van der Waals surface area contributed by atoms with Crippen LogP contribution in [0, 0.1) is 0 Å². The molecule has 1 aromatic carbocycles. The molecule has 0 aliphatic carbocycles. The quantitative estimate of drug-likeness (QED) is 0.870. The first-order valence-electron chi connectivity index (χ1n) is 8.75. The van der Waals surface area contributed by atoms with Crippen LogP contribution in [0.15, 0.2) is 24.3 Å². The van der Waals surface area contributed by atoms with Crippen LogP contribution < -0.4 is 5.32 Å². The Hall–Kier alpha value is -1.88. The predicted molar refractivity (Wildman–Crippen MR) is 95.8 cm³/mol. The lowest BCUT2D eigenvalue weighted by molar-refractivity contribution is -0.121. The molecule has 132 valence electrons. The van der Waals surface area contributed by atoms with Gasteiger partial charge in [0, 0.05) is 38.7 Å². The van der Waals surface area contributed by atoms with Gasteiger partial charge in [-0.25, -0.2) is 0 Å². The summed E-state index contributed by atoms with van der Waals surface area (Å²) in [5, 5.41) is 2.97. The third-order valence-electron chi connectivity index (χ3n) is 4.70. The molecule has 0 unspecified atom stereocenters. The van der Waals surface area contributed by atoms with Crippen molar-refractivity contribution in [3.8, 4) is 0 Å². The molecule has 0 radical (unpaired) electrons. The van der Waals surface area contributed by atoms with Crippen molar-refractivity contribution in [2.45, 2.75) is 44.7 Å². The van der Waals surface area contributed by atoms with Gasteiger partial charge in [-0.1, -0.05) is 18.6 Å². The molecule has 0 spiro atoms. The van der Waals surface area contributed by atoms with Crippen molar-refractivity contribution in [2.75, 3.05) is 27.7 Å². The fourth-order valence-corrected chi connectivity index (χ4v) is 3.17. The largest absolute Gasteiger partial charge is 0.352 e. The summed E-state index contributed by atoms with van der Waals surface area (Å²) in [6, 6.07) is 7.96. The molecule has 5 heteroatoms. The molecule has 1 heterocycles. The van der Waals surface area contributed by atoms with E-state index in [2.05, 4.69) is 17.3 Å². The highest BCUT2D eigenvalue weighted by molar-refractivity contribution is 5.94. The molecule has 2 rings (SSSR count). The SMILES string of the molecule is CN(C)C(=O)c1cccc(CNC(=O)CC[C@H]2CCCCN2C)c1. The Bertz CT molecular complexity index is 571. The monoisotopic (exact) mass is 331 g/mol. The Kier molecular flexibility index (Phi) is 6.79. The molecule has 5 nitrogen and oxygen atoms in total. The van der Waals surface area contributed by atoms with Crippen molar-refractivity contribution in [3.05, 3.63) is 35.4 Å². The lowest BCUT2D eigenvalue weighted by atomic mass is 9.98. The van der Waals surface area contributed by atoms with Crippen LogP contribution in [-0.4, -0.2) is 55.3 Å². The molecule has 1 aliphatic rings. The molecule has 24 heavy (non-hydrogen) atoms. The van der Waals surface area contributed by atoms with E-state index in [1.165, 1.54) is 19.3 Å². The zero-order chi connectivity index (χ0) is 17.5. The van der Waals surface area contributed by atoms with Crippen molar-refractivity contribution in [3.63, 3.8) is 0 Å². The Morgan fingerprint density at radius 3 is 2.79 bits per heavy atom. The molecule has 1 N–H and O–H groups in total. The maximum absolute atomic E-state index is 12.1. The zero-order valence-corrected chi connectivity index (χ0v) is 15.0. The second-order valence-electron chi connectivity index (χ2n) is 6.85. The highest BCUT2D eigenvalue weighted by atomic mass is 16.2. The van der Waals surface area contributed by atoms with E-state index < -0.39 is 0 Å². The highest BCUT2D eigenvalue weighted by Gasteiger charge is 2.19.